The van der Waals surface area contributed by atoms with Crippen LogP contribution in [0.5, 0.6) is 5.75 Å². The molecule has 0 saturated carbocycles. The molecule has 6 nitrogen and oxygen atoms in total. The maximum atomic E-state index is 12.6. The highest BCUT2D eigenvalue weighted by Gasteiger charge is 2.24. The van der Waals surface area contributed by atoms with Gasteiger partial charge in [-0.15, -0.1) is 0 Å². The maximum absolute atomic E-state index is 12.6. The van der Waals surface area contributed by atoms with Crippen LogP contribution in [-0.4, -0.2) is 48.7 Å². The number of aryl methyl sites for hydroxylation is 1. The Kier molecular flexibility index (Phi) is 6.57. The highest BCUT2D eigenvalue weighted by Crippen LogP contribution is 2.20. The number of ether oxygens (including phenoxy) is 1. The van der Waals surface area contributed by atoms with E-state index in [0.717, 1.165) is 29.8 Å². The summed E-state index contributed by atoms with van der Waals surface area (Å²) < 4.78 is 30.4. The normalized spacial score (nSPS) is 15.5. The highest BCUT2D eigenvalue weighted by atomic mass is 32.2. The number of likely N-dealkylation sites (tertiary alicyclic amines) is 1. The summed E-state index contributed by atoms with van der Waals surface area (Å²) in [5, 5.41) is -0.464. The molecule has 0 radical (unpaired) electrons. The van der Waals surface area contributed by atoms with Crippen LogP contribution in [0.25, 0.3) is 0 Å². The number of pyridine rings is 1. The van der Waals surface area contributed by atoms with Crippen molar-refractivity contribution in [3.8, 4) is 5.75 Å². The number of piperidine rings is 1. The van der Waals surface area contributed by atoms with E-state index in [2.05, 4.69) is 4.98 Å². The monoisotopic (exact) mass is 416 g/mol. The highest BCUT2D eigenvalue weighted by molar-refractivity contribution is 7.92. The molecule has 29 heavy (non-hydrogen) atoms. The Morgan fingerprint density at radius 2 is 1.79 bits per heavy atom. The number of amides is 1. The second kappa shape index (κ2) is 8.95. The van der Waals surface area contributed by atoms with E-state index in [-0.39, 0.29) is 18.4 Å². The van der Waals surface area contributed by atoms with E-state index in [0.29, 0.717) is 18.0 Å². The standard InChI is InChI=1S/C22H28N2O4S/c1-16(2)29(26,27)21-8-5-18(6-9-21)14-22(25)24-12-10-19(11-13-24)28-20-7-4-17(3)23-15-20/h4-9,15-16,19H,10-14H2,1-3H3. The number of carbonyl (C=O) groups is 1. The van der Waals surface area contributed by atoms with Crippen molar-refractivity contribution in [2.75, 3.05) is 13.1 Å². The first-order chi connectivity index (χ1) is 13.8. The van der Waals surface area contributed by atoms with Crippen LogP contribution in [-0.2, 0) is 21.1 Å². The molecule has 156 valence electrons. The topological polar surface area (TPSA) is 76.6 Å². The third kappa shape index (κ3) is 5.35. The molecule has 1 saturated heterocycles. The van der Waals surface area contributed by atoms with Gasteiger partial charge in [-0.2, -0.15) is 0 Å². The van der Waals surface area contributed by atoms with E-state index < -0.39 is 15.1 Å². The Labute approximate surface area is 172 Å². The molecule has 2 heterocycles. The van der Waals surface area contributed by atoms with Crippen LogP contribution >= 0.6 is 0 Å². The molecule has 2 aromatic rings. The van der Waals surface area contributed by atoms with Crippen molar-refractivity contribution in [3.05, 3.63) is 53.9 Å². The molecular formula is C22H28N2O4S. The van der Waals surface area contributed by atoms with Gasteiger partial charge >= 0.3 is 0 Å². The van der Waals surface area contributed by atoms with Gasteiger partial charge in [-0.25, -0.2) is 8.42 Å². The first-order valence-corrected chi connectivity index (χ1v) is 11.5. The molecule has 0 N–H and O–H groups in total. The van der Waals surface area contributed by atoms with Crippen LogP contribution in [0.2, 0.25) is 0 Å². The Morgan fingerprint density at radius 1 is 1.14 bits per heavy atom. The Morgan fingerprint density at radius 3 is 2.34 bits per heavy atom. The van der Waals surface area contributed by atoms with Crippen molar-refractivity contribution in [2.24, 2.45) is 0 Å². The van der Waals surface area contributed by atoms with E-state index in [1.165, 1.54) is 0 Å². The van der Waals surface area contributed by atoms with Gasteiger partial charge in [0.15, 0.2) is 9.84 Å². The van der Waals surface area contributed by atoms with Crippen molar-refractivity contribution in [2.45, 2.75) is 56.3 Å². The summed E-state index contributed by atoms with van der Waals surface area (Å²) in [6.45, 7) is 6.57. The Bertz CT molecular complexity index is 930. The zero-order valence-electron chi connectivity index (χ0n) is 17.2. The molecule has 1 fully saturated rings. The fourth-order valence-corrected chi connectivity index (χ4v) is 4.35. The van der Waals surface area contributed by atoms with Gasteiger partial charge in [0.1, 0.15) is 11.9 Å². The van der Waals surface area contributed by atoms with Gasteiger partial charge in [0.05, 0.1) is 22.8 Å². The zero-order chi connectivity index (χ0) is 21.0. The number of hydrogen-bond acceptors (Lipinski definition) is 5. The van der Waals surface area contributed by atoms with E-state index >= 15 is 0 Å². The largest absolute Gasteiger partial charge is 0.489 e. The molecule has 7 heteroatoms. The maximum Gasteiger partial charge on any atom is 0.226 e. The van der Waals surface area contributed by atoms with Gasteiger partial charge in [0.25, 0.3) is 0 Å². The lowest BCUT2D eigenvalue weighted by Crippen LogP contribution is -2.42. The van der Waals surface area contributed by atoms with Crippen molar-refractivity contribution in [1.29, 1.82) is 0 Å². The minimum atomic E-state index is -3.29. The number of hydrogen-bond donors (Lipinski definition) is 0. The van der Waals surface area contributed by atoms with Crippen molar-refractivity contribution < 1.29 is 17.9 Å². The molecule has 1 aliphatic heterocycles. The second-order valence-electron chi connectivity index (χ2n) is 7.75. The van der Waals surface area contributed by atoms with Crippen LogP contribution in [0, 0.1) is 6.92 Å². The molecule has 0 unspecified atom stereocenters. The summed E-state index contributed by atoms with van der Waals surface area (Å²) in [4.78, 5) is 19.0. The van der Waals surface area contributed by atoms with Gasteiger partial charge in [0, 0.05) is 31.6 Å². The third-order valence-corrected chi connectivity index (χ3v) is 7.38. The smallest absolute Gasteiger partial charge is 0.226 e. The molecule has 0 spiro atoms. The van der Waals surface area contributed by atoms with Crippen LogP contribution in [0.1, 0.15) is 37.9 Å². The molecule has 3 rings (SSSR count). The van der Waals surface area contributed by atoms with Crippen LogP contribution < -0.4 is 4.74 Å². The summed E-state index contributed by atoms with van der Waals surface area (Å²) >= 11 is 0. The number of sulfone groups is 1. The number of carbonyl (C=O) groups excluding carboxylic acids is 1. The summed E-state index contributed by atoms with van der Waals surface area (Å²) in [7, 11) is -3.29. The van der Waals surface area contributed by atoms with Gasteiger partial charge < -0.3 is 9.64 Å². The van der Waals surface area contributed by atoms with E-state index in [9.17, 15) is 13.2 Å². The third-order valence-electron chi connectivity index (χ3n) is 5.21. The van der Waals surface area contributed by atoms with Crippen molar-refractivity contribution >= 4 is 15.7 Å². The number of benzene rings is 1. The Balaban J connectivity index is 1.51. The summed E-state index contributed by atoms with van der Waals surface area (Å²) in [5.74, 6) is 0.816. The molecule has 0 aliphatic carbocycles. The lowest BCUT2D eigenvalue weighted by atomic mass is 10.1. The molecule has 1 aliphatic rings. The van der Waals surface area contributed by atoms with E-state index in [1.807, 2.05) is 24.0 Å². The summed E-state index contributed by atoms with van der Waals surface area (Å²) in [6, 6.07) is 10.5. The van der Waals surface area contributed by atoms with Gasteiger partial charge in [-0.3, -0.25) is 9.78 Å². The molecule has 1 amide bonds. The second-order valence-corrected chi connectivity index (χ2v) is 10.3. The van der Waals surface area contributed by atoms with Crippen LogP contribution in [0.15, 0.2) is 47.5 Å². The summed E-state index contributed by atoms with van der Waals surface area (Å²) in [5.41, 5.74) is 1.77. The van der Waals surface area contributed by atoms with Crippen molar-refractivity contribution in [3.63, 3.8) is 0 Å². The summed E-state index contributed by atoms with van der Waals surface area (Å²) in [6.07, 6.45) is 3.66. The molecule has 0 bridgehead atoms. The lowest BCUT2D eigenvalue weighted by Gasteiger charge is -2.32. The van der Waals surface area contributed by atoms with Crippen LogP contribution in [0.3, 0.4) is 0 Å². The number of rotatable bonds is 6. The zero-order valence-corrected chi connectivity index (χ0v) is 18.0. The minimum absolute atomic E-state index is 0.0555. The molecular weight excluding hydrogens is 388 g/mol. The van der Waals surface area contributed by atoms with Crippen LogP contribution in [0.4, 0.5) is 0 Å². The first-order valence-electron chi connectivity index (χ1n) is 9.95. The van der Waals surface area contributed by atoms with Gasteiger partial charge in [-0.1, -0.05) is 12.1 Å². The predicted molar refractivity (Wildman–Crippen MR) is 112 cm³/mol. The SMILES string of the molecule is Cc1ccc(OC2CCN(C(=O)Cc3ccc(S(=O)(=O)C(C)C)cc3)CC2)cn1. The first kappa shape index (κ1) is 21.3. The predicted octanol–water partition coefficient (Wildman–Crippen LogP) is 3.18. The van der Waals surface area contributed by atoms with E-state index in [1.54, 1.807) is 44.3 Å². The molecule has 1 aromatic carbocycles. The fourth-order valence-electron chi connectivity index (χ4n) is 3.30. The lowest BCUT2D eigenvalue weighted by molar-refractivity contribution is -0.132. The molecule has 0 atom stereocenters. The van der Waals surface area contributed by atoms with Gasteiger partial charge in [0.2, 0.25) is 5.91 Å². The van der Waals surface area contributed by atoms with Crippen molar-refractivity contribution in [1.82, 2.24) is 9.88 Å². The number of aromatic nitrogens is 1. The quantitative estimate of drug-likeness (QED) is 0.723. The minimum Gasteiger partial charge on any atom is -0.489 e. The fraction of sp³-hybridized carbons (Fsp3) is 0.455. The average Bonchev–Trinajstić information content (AvgIpc) is 2.70. The van der Waals surface area contributed by atoms with Gasteiger partial charge in [-0.05, 0) is 50.6 Å². The molecule has 1 aromatic heterocycles. The average molecular weight is 417 g/mol. The number of nitrogens with zero attached hydrogens (tertiary/aromatic N) is 2. The Hall–Kier alpha value is -2.41. The van der Waals surface area contributed by atoms with E-state index in [4.69, 9.17) is 4.74 Å².